The van der Waals surface area contributed by atoms with Crippen LogP contribution in [0.4, 0.5) is 13.2 Å². The van der Waals surface area contributed by atoms with Gasteiger partial charge < -0.3 is 9.72 Å². The number of hydrogen-bond donors (Lipinski definition) is 1. The van der Waals surface area contributed by atoms with Gasteiger partial charge in [0.2, 0.25) is 5.78 Å². The topological polar surface area (TPSA) is 59.2 Å². The molecular weight excluding hydrogens is 359 g/mol. The smallest absolute Gasteiger partial charge is 0.416 e. The van der Waals surface area contributed by atoms with Gasteiger partial charge in [-0.15, -0.1) is 0 Å². The molecule has 0 saturated carbocycles. The average molecular weight is 375 g/mol. The average Bonchev–Trinajstić information content (AvgIpc) is 3.04. The monoisotopic (exact) mass is 375 g/mol. The van der Waals surface area contributed by atoms with Crippen LogP contribution in [0.2, 0.25) is 0 Å². The van der Waals surface area contributed by atoms with Crippen LogP contribution in [-0.2, 0) is 22.1 Å². The molecule has 140 valence electrons. The summed E-state index contributed by atoms with van der Waals surface area (Å²) in [4.78, 5) is 27.6. The molecule has 3 rings (SSSR count). The zero-order valence-corrected chi connectivity index (χ0v) is 14.3. The molecule has 7 heteroatoms. The van der Waals surface area contributed by atoms with Crippen molar-refractivity contribution >= 4 is 22.7 Å². The van der Waals surface area contributed by atoms with Crippen LogP contribution < -0.4 is 0 Å². The lowest BCUT2D eigenvalue weighted by atomic mass is 10.1. The first kappa shape index (κ1) is 18.7. The van der Waals surface area contributed by atoms with Gasteiger partial charge in [-0.25, -0.2) is 0 Å². The van der Waals surface area contributed by atoms with E-state index in [9.17, 15) is 22.8 Å². The third kappa shape index (κ3) is 4.19. The molecule has 2 aromatic carbocycles. The molecule has 0 bridgehead atoms. The number of carbonyl (C=O) groups excluding carboxylic acids is 2. The van der Waals surface area contributed by atoms with Gasteiger partial charge >= 0.3 is 12.1 Å². The van der Waals surface area contributed by atoms with Gasteiger partial charge in [-0.1, -0.05) is 36.4 Å². The Morgan fingerprint density at radius 1 is 1.11 bits per heavy atom. The van der Waals surface area contributed by atoms with E-state index in [0.717, 1.165) is 17.6 Å². The second kappa shape index (κ2) is 7.26. The van der Waals surface area contributed by atoms with Crippen LogP contribution in [0, 0.1) is 0 Å². The minimum absolute atomic E-state index is 0.168. The number of para-hydroxylation sites is 1. The van der Waals surface area contributed by atoms with Gasteiger partial charge in [0, 0.05) is 22.7 Å². The van der Waals surface area contributed by atoms with Crippen molar-refractivity contribution < 1.29 is 27.5 Å². The molecule has 1 aromatic heterocycles. The van der Waals surface area contributed by atoms with Crippen molar-refractivity contribution in [1.29, 1.82) is 0 Å². The molecule has 0 aliphatic rings. The minimum Gasteiger partial charge on any atom is -0.454 e. The Bertz CT molecular complexity index is 991. The minimum atomic E-state index is -4.49. The Balaban J connectivity index is 1.68. The molecule has 0 saturated heterocycles. The van der Waals surface area contributed by atoms with Crippen LogP contribution in [0.5, 0.6) is 0 Å². The van der Waals surface area contributed by atoms with E-state index in [0.29, 0.717) is 10.9 Å². The second-order valence-corrected chi connectivity index (χ2v) is 6.12. The third-order valence-electron chi connectivity index (χ3n) is 4.13. The molecule has 27 heavy (non-hydrogen) atoms. The number of ether oxygens (including phenoxy) is 1. The van der Waals surface area contributed by atoms with Crippen molar-refractivity contribution in [2.45, 2.75) is 25.6 Å². The molecular formula is C20H16F3NO3. The summed E-state index contributed by atoms with van der Waals surface area (Å²) in [6, 6.07) is 11.7. The van der Waals surface area contributed by atoms with E-state index in [1.165, 1.54) is 19.1 Å². The van der Waals surface area contributed by atoms with Crippen LogP contribution in [0.15, 0.2) is 54.7 Å². The number of fused-ring (bicyclic) bond motifs is 1. The first-order valence-electron chi connectivity index (χ1n) is 8.21. The van der Waals surface area contributed by atoms with Gasteiger partial charge in [-0.2, -0.15) is 13.2 Å². The highest BCUT2D eigenvalue weighted by atomic mass is 19.4. The summed E-state index contributed by atoms with van der Waals surface area (Å²) in [6.45, 7) is 1.44. The summed E-state index contributed by atoms with van der Waals surface area (Å²) in [5, 5.41) is 0.711. The van der Waals surface area contributed by atoms with E-state index in [1.807, 2.05) is 12.1 Å². The largest absolute Gasteiger partial charge is 0.454 e. The molecule has 0 fully saturated rings. The number of ketones is 1. The van der Waals surface area contributed by atoms with Crippen molar-refractivity contribution in [3.05, 3.63) is 71.4 Å². The third-order valence-corrected chi connectivity index (χ3v) is 4.13. The van der Waals surface area contributed by atoms with Gasteiger partial charge in [0.25, 0.3) is 0 Å². The Morgan fingerprint density at radius 2 is 1.85 bits per heavy atom. The number of nitrogens with one attached hydrogen (secondary N) is 1. The van der Waals surface area contributed by atoms with E-state index in [-0.39, 0.29) is 17.8 Å². The number of carbonyl (C=O) groups is 2. The molecule has 1 atom stereocenters. The number of alkyl halides is 3. The van der Waals surface area contributed by atoms with E-state index >= 15 is 0 Å². The van der Waals surface area contributed by atoms with Crippen molar-refractivity contribution in [3.8, 4) is 0 Å². The zero-order chi connectivity index (χ0) is 19.6. The fraction of sp³-hybridized carbons (Fsp3) is 0.200. The number of aromatic amines is 1. The number of benzene rings is 2. The molecule has 4 nitrogen and oxygen atoms in total. The predicted molar refractivity (Wildman–Crippen MR) is 93.3 cm³/mol. The first-order chi connectivity index (χ1) is 12.8. The van der Waals surface area contributed by atoms with Crippen molar-refractivity contribution in [2.24, 2.45) is 0 Å². The predicted octanol–water partition coefficient (Wildman–Crippen LogP) is 4.54. The Hall–Kier alpha value is -3.09. The lowest BCUT2D eigenvalue weighted by Gasteiger charge is -2.13. The highest BCUT2D eigenvalue weighted by Gasteiger charge is 2.30. The Labute approximate surface area is 153 Å². The standard InChI is InChI=1S/C20H16F3NO3/c1-12(19(26)16-11-24-17-8-3-2-7-15(16)17)27-18(25)10-13-5-4-6-14(9-13)20(21,22)23/h2-9,11-12,24H,10H2,1H3/t12-/m1/s1. The normalized spacial score (nSPS) is 12.7. The maximum Gasteiger partial charge on any atom is 0.416 e. The number of H-pyrrole nitrogens is 1. The number of aromatic nitrogens is 1. The lowest BCUT2D eigenvalue weighted by Crippen LogP contribution is -2.25. The van der Waals surface area contributed by atoms with Crippen LogP contribution in [0.1, 0.15) is 28.4 Å². The zero-order valence-electron chi connectivity index (χ0n) is 14.3. The quantitative estimate of drug-likeness (QED) is 0.526. The number of Topliss-reactive ketones (excluding diaryl/α,β-unsaturated/α-hetero) is 1. The number of esters is 1. The van der Waals surface area contributed by atoms with E-state index in [1.54, 1.807) is 18.3 Å². The molecule has 0 spiro atoms. The molecule has 3 aromatic rings. The van der Waals surface area contributed by atoms with E-state index in [2.05, 4.69) is 4.98 Å². The van der Waals surface area contributed by atoms with E-state index in [4.69, 9.17) is 4.74 Å². The van der Waals surface area contributed by atoms with Crippen molar-refractivity contribution in [2.75, 3.05) is 0 Å². The number of rotatable bonds is 5. The maximum absolute atomic E-state index is 12.7. The summed E-state index contributed by atoms with van der Waals surface area (Å²) in [5.41, 5.74) is 0.505. The molecule has 0 aliphatic carbocycles. The summed E-state index contributed by atoms with van der Waals surface area (Å²) >= 11 is 0. The fourth-order valence-electron chi connectivity index (χ4n) is 2.81. The fourth-order valence-corrected chi connectivity index (χ4v) is 2.81. The molecule has 1 heterocycles. The second-order valence-electron chi connectivity index (χ2n) is 6.12. The summed E-state index contributed by atoms with van der Waals surface area (Å²) in [6.07, 6.45) is -4.35. The van der Waals surface area contributed by atoms with Gasteiger partial charge in [-0.05, 0) is 24.6 Å². The maximum atomic E-state index is 12.7. The SMILES string of the molecule is C[C@@H](OC(=O)Cc1cccc(C(F)(F)F)c1)C(=O)c1c[nH]c2ccccc12. The molecule has 0 amide bonds. The van der Waals surface area contributed by atoms with Gasteiger partial charge in [0.1, 0.15) is 0 Å². The van der Waals surface area contributed by atoms with Gasteiger partial charge in [0.15, 0.2) is 6.10 Å². The molecule has 0 unspecified atom stereocenters. The van der Waals surface area contributed by atoms with Gasteiger partial charge in [0.05, 0.1) is 12.0 Å². The van der Waals surface area contributed by atoms with Crippen LogP contribution in [0.3, 0.4) is 0 Å². The Kier molecular flexibility index (Phi) is 5.03. The lowest BCUT2D eigenvalue weighted by molar-refractivity contribution is -0.145. The number of halogens is 3. The van der Waals surface area contributed by atoms with Gasteiger partial charge in [-0.3, -0.25) is 9.59 Å². The molecule has 0 radical (unpaired) electrons. The van der Waals surface area contributed by atoms with Crippen LogP contribution in [0.25, 0.3) is 10.9 Å². The molecule has 1 N–H and O–H groups in total. The van der Waals surface area contributed by atoms with Crippen LogP contribution in [-0.4, -0.2) is 22.8 Å². The highest BCUT2D eigenvalue weighted by Crippen LogP contribution is 2.29. The summed E-state index contributed by atoms with van der Waals surface area (Å²) < 4.78 is 43.4. The number of hydrogen-bond acceptors (Lipinski definition) is 3. The molecule has 0 aliphatic heterocycles. The van der Waals surface area contributed by atoms with Crippen LogP contribution >= 0.6 is 0 Å². The summed E-state index contributed by atoms with van der Waals surface area (Å²) in [7, 11) is 0. The van der Waals surface area contributed by atoms with Crippen molar-refractivity contribution in [3.63, 3.8) is 0 Å². The first-order valence-corrected chi connectivity index (χ1v) is 8.21. The Morgan fingerprint density at radius 3 is 2.59 bits per heavy atom. The van der Waals surface area contributed by atoms with E-state index < -0.39 is 23.8 Å². The van der Waals surface area contributed by atoms with Crippen molar-refractivity contribution in [1.82, 2.24) is 4.98 Å². The highest BCUT2D eigenvalue weighted by molar-refractivity contribution is 6.10. The summed E-state index contributed by atoms with van der Waals surface area (Å²) in [5.74, 6) is -1.15.